The van der Waals surface area contributed by atoms with E-state index in [2.05, 4.69) is 10.3 Å². The number of hydrogen-bond acceptors (Lipinski definition) is 4. The summed E-state index contributed by atoms with van der Waals surface area (Å²) in [5.74, 6) is -0.170. The van der Waals surface area contributed by atoms with Crippen LogP contribution in [0.15, 0.2) is 18.2 Å². The molecule has 23 heavy (non-hydrogen) atoms. The quantitative estimate of drug-likeness (QED) is 0.798. The van der Waals surface area contributed by atoms with Crippen molar-refractivity contribution < 1.29 is 4.79 Å². The van der Waals surface area contributed by atoms with Crippen molar-refractivity contribution in [1.82, 2.24) is 10.3 Å². The molecule has 2 aromatic rings. The molecule has 0 spiro atoms. The third-order valence-electron chi connectivity index (χ3n) is 4.00. The van der Waals surface area contributed by atoms with Crippen LogP contribution in [0.1, 0.15) is 41.3 Å². The van der Waals surface area contributed by atoms with Crippen molar-refractivity contribution in [3.8, 4) is 0 Å². The van der Waals surface area contributed by atoms with Gasteiger partial charge in [-0.3, -0.25) is 4.79 Å². The summed E-state index contributed by atoms with van der Waals surface area (Å²) in [7, 11) is 0. The summed E-state index contributed by atoms with van der Waals surface area (Å²) >= 11 is 13.5. The Bertz CT molecular complexity index is 732. The smallest absolute Gasteiger partial charge is 0.228 e. The Hall–Kier alpha value is -1.30. The van der Waals surface area contributed by atoms with E-state index >= 15 is 0 Å². The lowest BCUT2D eigenvalue weighted by molar-refractivity contribution is -0.122. The van der Waals surface area contributed by atoms with Crippen molar-refractivity contribution >= 4 is 45.6 Å². The fourth-order valence-corrected chi connectivity index (χ4v) is 4.32. The Labute approximate surface area is 149 Å². The van der Waals surface area contributed by atoms with E-state index < -0.39 is 0 Å². The van der Waals surface area contributed by atoms with Crippen LogP contribution in [0.5, 0.6) is 0 Å². The summed E-state index contributed by atoms with van der Waals surface area (Å²) in [6, 6.07) is 5.27. The summed E-state index contributed by atoms with van der Waals surface area (Å²) in [6.45, 7) is 0.384. The van der Waals surface area contributed by atoms with Crippen molar-refractivity contribution in [3.63, 3.8) is 0 Å². The number of aryl methyl sites for hydroxylation is 1. The second-order valence-electron chi connectivity index (χ2n) is 5.61. The van der Waals surface area contributed by atoms with Gasteiger partial charge in [0, 0.05) is 21.5 Å². The summed E-state index contributed by atoms with van der Waals surface area (Å²) < 4.78 is 0. The molecule has 0 saturated heterocycles. The normalized spacial score (nSPS) is 17.4. The molecule has 1 aliphatic rings. The standard InChI is InChI=1S/C16H17Cl2N3OS/c17-10-6-5-9(12(18)7-10)8-20-15(22)11-3-1-2-4-13-14(11)23-16(19)21-13/h5-7,11H,1-4,8H2,(H2,19,21)(H,20,22). The minimum atomic E-state index is -0.173. The summed E-state index contributed by atoms with van der Waals surface area (Å²) in [6.07, 6.45) is 3.79. The number of hydrogen-bond donors (Lipinski definition) is 2. The van der Waals surface area contributed by atoms with Crippen LogP contribution >= 0.6 is 34.5 Å². The SMILES string of the molecule is Nc1nc2c(s1)C(C(=O)NCc1ccc(Cl)cc1Cl)CCCC2. The number of nitrogens with two attached hydrogens (primary N) is 1. The van der Waals surface area contributed by atoms with Gasteiger partial charge in [-0.25, -0.2) is 4.98 Å². The Kier molecular flexibility index (Phi) is 5.09. The van der Waals surface area contributed by atoms with Crippen LogP contribution in [-0.4, -0.2) is 10.9 Å². The number of benzene rings is 1. The largest absolute Gasteiger partial charge is 0.375 e. The average Bonchev–Trinajstić information content (AvgIpc) is 2.75. The van der Waals surface area contributed by atoms with Crippen LogP contribution in [0.4, 0.5) is 5.13 Å². The molecule has 1 amide bonds. The summed E-state index contributed by atoms with van der Waals surface area (Å²) in [5.41, 5.74) is 7.65. The first kappa shape index (κ1) is 16.6. The monoisotopic (exact) mass is 369 g/mol. The number of rotatable bonds is 3. The second-order valence-corrected chi connectivity index (χ2v) is 7.52. The van der Waals surface area contributed by atoms with Crippen molar-refractivity contribution in [2.45, 2.75) is 38.1 Å². The van der Waals surface area contributed by atoms with E-state index in [0.717, 1.165) is 41.8 Å². The van der Waals surface area contributed by atoms with Crippen LogP contribution in [0.3, 0.4) is 0 Å². The minimum absolute atomic E-state index is 0.00261. The fraction of sp³-hybridized carbons (Fsp3) is 0.375. The zero-order chi connectivity index (χ0) is 16.4. The third kappa shape index (κ3) is 3.79. The lowest BCUT2D eigenvalue weighted by Crippen LogP contribution is -2.28. The maximum Gasteiger partial charge on any atom is 0.228 e. The first-order valence-electron chi connectivity index (χ1n) is 7.51. The van der Waals surface area contributed by atoms with Gasteiger partial charge in [0.05, 0.1) is 11.6 Å². The molecular weight excluding hydrogens is 353 g/mol. The van der Waals surface area contributed by atoms with E-state index in [1.165, 1.54) is 11.3 Å². The molecule has 1 heterocycles. The third-order valence-corrected chi connectivity index (χ3v) is 5.63. The molecule has 1 aromatic heterocycles. The van der Waals surface area contributed by atoms with Gasteiger partial charge in [0.15, 0.2) is 5.13 Å². The lowest BCUT2D eigenvalue weighted by atomic mass is 10.0. The van der Waals surface area contributed by atoms with Gasteiger partial charge in [-0.15, -0.1) is 11.3 Å². The number of anilines is 1. The van der Waals surface area contributed by atoms with Gasteiger partial charge in [-0.2, -0.15) is 0 Å². The molecule has 122 valence electrons. The van der Waals surface area contributed by atoms with Crippen LogP contribution < -0.4 is 11.1 Å². The number of thiazole rings is 1. The second kappa shape index (κ2) is 7.07. The predicted octanol–water partition coefficient (Wildman–Crippen LogP) is 4.16. The Morgan fingerprint density at radius 2 is 2.22 bits per heavy atom. The zero-order valence-corrected chi connectivity index (χ0v) is 14.8. The number of carbonyl (C=O) groups is 1. The molecule has 0 radical (unpaired) electrons. The van der Waals surface area contributed by atoms with Crippen LogP contribution in [-0.2, 0) is 17.8 Å². The van der Waals surface area contributed by atoms with Crippen molar-refractivity contribution in [2.24, 2.45) is 0 Å². The molecule has 0 bridgehead atoms. The predicted molar refractivity (Wildman–Crippen MR) is 95.1 cm³/mol. The molecule has 0 fully saturated rings. The molecule has 1 unspecified atom stereocenters. The van der Waals surface area contributed by atoms with Gasteiger partial charge < -0.3 is 11.1 Å². The Balaban J connectivity index is 1.72. The topological polar surface area (TPSA) is 68.0 Å². The Morgan fingerprint density at radius 3 is 3.00 bits per heavy atom. The lowest BCUT2D eigenvalue weighted by Gasteiger charge is -2.15. The minimum Gasteiger partial charge on any atom is -0.375 e. The van der Waals surface area contributed by atoms with E-state index in [-0.39, 0.29) is 11.8 Å². The highest BCUT2D eigenvalue weighted by Crippen LogP contribution is 2.36. The first-order chi connectivity index (χ1) is 11.0. The highest BCUT2D eigenvalue weighted by atomic mass is 35.5. The number of halogens is 2. The van der Waals surface area contributed by atoms with E-state index in [0.29, 0.717) is 21.7 Å². The Morgan fingerprint density at radius 1 is 1.39 bits per heavy atom. The molecule has 4 nitrogen and oxygen atoms in total. The van der Waals surface area contributed by atoms with Gasteiger partial charge in [0.2, 0.25) is 5.91 Å². The number of aromatic nitrogens is 1. The van der Waals surface area contributed by atoms with Gasteiger partial charge in [-0.05, 0) is 37.0 Å². The first-order valence-corrected chi connectivity index (χ1v) is 9.08. The summed E-state index contributed by atoms with van der Waals surface area (Å²) in [4.78, 5) is 18.0. The van der Waals surface area contributed by atoms with Crippen LogP contribution in [0.2, 0.25) is 10.0 Å². The van der Waals surface area contributed by atoms with E-state index in [1.807, 2.05) is 6.07 Å². The maximum absolute atomic E-state index is 12.6. The van der Waals surface area contributed by atoms with Crippen molar-refractivity contribution in [3.05, 3.63) is 44.4 Å². The number of nitrogen functional groups attached to an aromatic ring is 1. The van der Waals surface area contributed by atoms with Crippen molar-refractivity contribution in [1.29, 1.82) is 0 Å². The van der Waals surface area contributed by atoms with Gasteiger partial charge in [0.1, 0.15) is 0 Å². The molecular formula is C16H17Cl2N3OS. The molecule has 1 atom stereocenters. The van der Waals surface area contributed by atoms with E-state index in [1.54, 1.807) is 12.1 Å². The molecule has 1 aliphatic carbocycles. The number of carbonyl (C=O) groups excluding carboxylic acids is 1. The highest BCUT2D eigenvalue weighted by molar-refractivity contribution is 7.15. The van der Waals surface area contributed by atoms with Crippen LogP contribution in [0.25, 0.3) is 0 Å². The van der Waals surface area contributed by atoms with Gasteiger partial charge >= 0.3 is 0 Å². The molecule has 0 aliphatic heterocycles. The van der Waals surface area contributed by atoms with E-state index in [9.17, 15) is 4.79 Å². The number of nitrogens with one attached hydrogen (secondary N) is 1. The number of nitrogens with zero attached hydrogens (tertiary/aromatic N) is 1. The van der Waals surface area contributed by atoms with E-state index in [4.69, 9.17) is 28.9 Å². The number of amides is 1. The molecule has 1 aromatic carbocycles. The van der Waals surface area contributed by atoms with Gasteiger partial charge in [0.25, 0.3) is 0 Å². The highest BCUT2D eigenvalue weighted by Gasteiger charge is 2.28. The number of fused-ring (bicyclic) bond motifs is 1. The molecule has 0 saturated carbocycles. The summed E-state index contributed by atoms with van der Waals surface area (Å²) in [5, 5.41) is 4.65. The molecule has 3 N–H and O–H groups in total. The molecule has 3 rings (SSSR count). The molecule has 7 heteroatoms. The zero-order valence-electron chi connectivity index (χ0n) is 12.4. The van der Waals surface area contributed by atoms with Gasteiger partial charge in [-0.1, -0.05) is 35.7 Å². The van der Waals surface area contributed by atoms with Crippen LogP contribution in [0, 0.1) is 0 Å². The maximum atomic E-state index is 12.6. The average molecular weight is 370 g/mol. The fourth-order valence-electron chi connectivity index (χ4n) is 2.83. The van der Waals surface area contributed by atoms with Crippen molar-refractivity contribution in [2.75, 3.05) is 5.73 Å².